The molecule has 1 atom stereocenters. The Hall–Kier alpha value is -2.34. The minimum atomic E-state index is 0.431. The van der Waals surface area contributed by atoms with Gasteiger partial charge in [-0.05, 0) is 46.7 Å². The molecule has 108 valence electrons. The summed E-state index contributed by atoms with van der Waals surface area (Å²) in [5.74, 6) is 0.431. The molecule has 0 aromatic heterocycles. The third kappa shape index (κ3) is 2.16. The van der Waals surface area contributed by atoms with Crippen LogP contribution in [-0.2, 0) is 6.42 Å². The van der Waals surface area contributed by atoms with Crippen LogP contribution in [0, 0.1) is 6.92 Å². The molecule has 0 saturated heterocycles. The fraction of sp³-hybridized carbons (Fsp3) is 0.182. The van der Waals surface area contributed by atoms with E-state index >= 15 is 0 Å². The van der Waals surface area contributed by atoms with Crippen LogP contribution < -0.4 is 0 Å². The third-order valence-corrected chi connectivity index (χ3v) is 4.87. The van der Waals surface area contributed by atoms with Crippen molar-refractivity contribution in [3.8, 4) is 11.1 Å². The maximum Gasteiger partial charge on any atom is 0.00612 e. The van der Waals surface area contributed by atoms with Crippen LogP contribution in [0.4, 0.5) is 0 Å². The molecule has 0 nitrogen and oxygen atoms in total. The smallest absolute Gasteiger partial charge is 0.00612 e. The van der Waals surface area contributed by atoms with E-state index in [0.717, 1.165) is 6.42 Å². The monoisotopic (exact) mass is 284 g/mol. The van der Waals surface area contributed by atoms with Gasteiger partial charge in [0.1, 0.15) is 0 Å². The minimum Gasteiger partial charge on any atom is -0.0622 e. The van der Waals surface area contributed by atoms with Crippen LogP contribution in [0.3, 0.4) is 0 Å². The number of hydrogen-bond donors (Lipinski definition) is 0. The minimum absolute atomic E-state index is 0.431. The van der Waals surface area contributed by atoms with Gasteiger partial charge in [-0.3, -0.25) is 0 Å². The van der Waals surface area contributed by atoms with Crippen molar-refractivity contribution in [1.82, 2.24) is 0 Å². The highest BCUT2D eigenvalue weighted by Crippen LogP contribution is 2.39. The van der Waals surface area contributed by atoms with Crippen LogP contribution in [0.2, 0.25) is 0 Å². The zero-order chi connectivity index (χ0) is 15.1. The van der Waals surface area contributed by atoms with Gasteiger partial charge in [0.25, 0.3) is 0 Å². The number of aryl methyl sites for hydroxylation is 1. The second-order valence-corrected chi connectivity index (χ2v) is 6.39. The van der Waals surface area contributed by atoms with E-state index < -0.39 is 0 Å². The third-order valence-electron chi connectivity index (χ3n) is 4.87. The molecule has 1 unspecified atom stereocenters. The number of hydrogen-bond acceptors (Lipinski definition) is 0. The molecule has 1 aliphatic carbocycles. The van der Waals surface area contributed by atoms with E-state index in [1.165, 1.54) is 38.9 Å². The molecule has 0 fully saturated rings. The lowest BCUT2D eigenvalue weighted by molar-refractivity contribution is 0.922. The van der Waals surface area contributed by atoms with E-state index in [1.807, 2.05) is 0 Å². The molecule has 0 N–H and O–H groups in total. The van der Waals surface area contributed by atoms with Crippen molar-refractivity contribution in [2.24, 2.45) is 0 Å². The molecule has 22 heavy (non-hydrogen) atoms. The van der Waals surface area contributed by atoms with E-state index in [-0.39, 0.29) is 0 Å². The molecule has 4 rings (SSSR count). The van der Waals surface area contributed by atoms with Crippen LogP contribution in [0.15, 0.2) is 66.7 Å². The van der Waals surface area contributed by atoms with Crippen molar-refractivity contribution in [3.63, 3.8) is 0 Å². The van der Waals surface area contributed by atoms with Crippen molar-refractivity contribution in [2.45, 2.75) is 26.2 Å². The van der Waals surface area contributed by atoms with E-state index in [0.29, 0.717) is 5.92 Å². The van der Waals surface area contributed by atoms with Crippen molar-refractivity contribution in [2.75, 3.05) is 0 Å². The molecule has 0 spiro atoms. The summed E-state index contributed by atoms with van der Waals surface area (Å²) in [7, 11) is 0. The molecule has 0 amide bonds. The Balaban J connectivity index is 1.79. The average Bonchev–Trinajstić information content (AvgIpc) is 2.92. The van der Waals surface area contributed by atoms with Gasteiger partial charge in [-0.2, -0.15) is 0 Å². The quantitative estimate of drug-likeness (QED) is 0.442. The zero-order valence-electron chi connectivity index (χ0n) is 13.1. The summed E-state index contributed by atoms with van der Waals surface area (Å²) in [5.41, 5.74) is 9.91. The summed E-state index contributed by atoms with van der Waals surface area (Å²) in [6, 6.07) is 24.6. The lowest BCUT2D eigenvalue weighted by atomic mass is 9.90. The average molecular weight is 284 g/mol. The van der Waals surface area contributed by atoms with Crippen molar-refractivity contribution in [3.05, 3.63) is 94.5 Å². The van der Waals surface area contributed by atoms with E-state index in [9.17, 15) is 0 Å². The van der Waals surface area contributed by atoms with Gasteiger partial charge in [0.2, 0.25) is 0 Å². The second-order valence-electron chi connectivity index (χ2n) is 6.39. The van der Waals surface area contributed by atoms with Crippen molar-refractivity contribution < 1.29 is 0 Å². The number of fused-ring (bicyclic) bond motifs is 3. The van der Waals surface area contributed by atoms with Crippen LogP contribution in [0.1, 0.15) is 40.7 Å². The molecular formula is C22H20. The first-order chi connectivity index (χ1) is 10.7. The Morgan fingerprint density at radius 2 is 1.41 bits per heavy atom. The highest BCUT2D eigenvalue weighted by molar-refractivity contribution is 5.78. The SMILES string of the molecule is Cc1ccc2c(c1)-c1cc(C(C)c3ccccc3)ccc1C2. The lowest BCUT2D eigenvalue weighted by Crippen LogP contribution is -1.96. The van der Waals surface area contributed by atoms with Gasteiger partial charge in [-0.1, -0.05) is 79.2 Å². The maximum atomic E-state index is 2.40. The van der Waals surface area contributed by atoms with E-state index in [4.69, 9.17) is 0 Å². The molecular weight excluding hydrogens is 264 g/mol. The van der Waals surface area contributed by atoms with Gasteiger partial charge in [0.05, 0.1) is 0 Å². The highest BCUT2D eigenvalue weighted by Gasteiger charge is 2.20. The predicted molar refractivity (Wildman–Crippen MR) is 93.4 cm³/mol. The normalized spacial score (nSPS) is 13.5. The highest BCUT2D eigenvalue weighted by atomic mass is 14.2. The fourth-order valence-electron chi connectivity index (χ4n) is 3.50. The van der Waals surface area contributed by atoms with E-state index in [1.54, 1.807) is 0 Å². The Kier molecular flexibility index (Phi) is 3.11. The van der Waals surface area contributed by atoms with Gasteiger partial charge in [0, 0.05) is 5.92 Å². The summed E-state index contributed by atoms with van der Waals surface area (Å²) in [6.45, 7) is 4.47. The van der Waals surface area contributed by atoms with Gasteiger partial charge in [0.15, 0.2) is 0 Å². The van der Waals surface area contributed by atoms with Gasteiger partial charge in [-0.25, -0.2) is 0 Å². The Bertz CT molecular complexity index is 828. The summed E-state index contributed by atoms with van der Waals surface area (Å²) in [4.78, 5) is 0. The van der Waals surface area contributed by atoms with Crippen LogP contribution in [0.5, 0.6) is 0 Å². The molecule has 0 saturated carbocycles. The first-order valence-corrected chi connectivity index (χ1v) is 8.00. The molecule has 0 radical (unpaired) electrons. The molecule has 3 aromatic carbocycles. The second kappa shape index (κ2) is 5.14. The molecule has 0 bridgehead atoms. The molecule has 0 aliphatic heterocycles. The van der Waals surface area contributed by atoms with Crippen LogP contribution >= 0.6 is 0 Å². The molecule has 1 aliphatic rings. The fourth-order valence-corrected chi connectivity index (χ4v) is 3.50. The zero-order valence-corrected chi connectivity index (χ0v) is 13.1. The first-order valence-electron chi connectivity index (χ1n) is 8.00. The lowest BCUT2D eigenvalue weighted by Gasteiger charge is -2.14. The largest absolute Gasteiger partial charge is 0.0622 e. The predicted octanol–water partition coefficient (Wildman–Crippen LogP) is 5.72. The van der Waals surface area contributed by atoms with Gasteiger partial charge >= 0.3 is 0 Å². The standard InChI is InChI=1S/C22H20/c1-15-8-9-19-13-20-11-10-18(14-22(20)21(19)12-15)16(2)17-6-4-3-5-7-17/h3-12,14,16H,13H2,1-2H3. The van der Waals surface area contributed by atoms with Crippen LogP contribution in [-0.4, -0.2) is 0 Å². The molecule has 0 heteroatoms. The van der Waals surface area contributed by atoms with Crippen molar-refractivity contribution >= 4 is 0 Å². The molecule has 3 aromatic rings. The summed E-state index contributed by atoms with van der Waals surface area (Å²) in [5, 5.41) is 0. The summed E-state index contributed by atoms with van der Waals surface area (Å²) >= 11 is 0. The number of benzene rings is 3. The van der Waals surface area contributed by atoms with Gasteiger partial charge in [-0.15, -0.1) is 0 Å². The van der Waals surface area contributed by atoms with Crippen molar-refractivity contribution in [1.29, 1.82) is 0 Å². The van der Waals surface area contributed by atoms with E-state index in [2.05, 4.69) is 80.6 Å². The Morgan fingerprint density at radius 3 is 2.18 bits per heavy atom. The first kappa shape index (κ1) is 13.3. The van der Waals surface area contributed by atoms with Gasteiger partial charge < -0.3 is 0 Å². The Labute approximate surface area is 132 Å². The van der Waals surface area contributed by atoms with Crippen LogP contribution in [0.25, 0.3) is 11.1 Å². The number of rotatable bonds is 2. The maximum absolute atomic E-state index is 2.40. The molecule has 0 heterocycles. The summed E-state index contributed by atoms with van der Waals surface area (Å²) in [6.07, 6.45) is 1.07. The Morgan fingerprint density at radius 1 is 0.727 bits per heavy atom. The summed E-state index contributed by atoms with van der Waals surface area (Å²) < 4.78 is 0. The topological polar surface area (TPSA) is 0 Å².